The van der Waals surface area contributed by atoms with Gasteiger partial charge in [0.2, 0.25) is 0 Å². The Morgan fingerprint density at radius 2 is 2.27 bits per heavy atom. The Morgan fingerprint density at radius 3 is 2.80 bits per heavy atom. The summed E-state index contributed by atoms with van der Waals surface area (Å²) in [7, 11) is 1.43. The van der Waals surface area contributed by atoms with Crippen LogP contribution in [0.3, 0.4) is 0 Å². The molecule has 4 nitrogen and oxygen atoms in total. The third kappa shape index (κ3) is 4.18. The zero-order valence-electron chi connectivity index (χ0n) is 9.82. The Morgan fingerprint density at radius 1 is 1.60 bits per heavy atom. The largest absolute Gasteiger partial charge is 0.469 e. The van der Waals surface area contributed by atoms with Crippen molar-refractivity contribution >= 4 is 5.97 Å². The normalized spacial score (nSPS) is 23.9. The Kier molecular flexibility index (Phi) is 4.11. The van der Waals surface area contributed by atoms with Gasteiger partial charge in [0.1, 0.15) is 0 Å². The van der Waals surface area contributed by atoms with Crippen molar-refractivity contribution in [2.45, 2.75) is 32.3 Å². The first-order valence-electron chi connectivity index (χ1n) is 5.45. The number of aliphatic hydroxyl groups is 1. The third-order valence-electron chi connectivity index (χ3n) is 2.65. The molecule has 0 amide bonds. The molecule has 1 unspecified atom stereocenters. The van der Waals surface area contributed by atoms with Gasteiger partial charge in [0.15, 0.2) is 0 Å². The zero-order valence-corrected chi connectivity index (χ0v) is 9.82. The van der Waals surface area contributed by atoms with Gasteiger partial charge in [-0.2, -0.15) is 0 Å². The van der Waals surface area contributed by atoms with Crippen molar-refractivity contribution in [3.8, 4) is 0 Å². The van der Waals surface area contributed by atoms with Crippen LogP contribution < -0.4 is 0 Å². The fraction of sp³-hybridized carbons (Fsp3) is 0.909. The van der Waals surface area contributed by atoms with Crippen LogP contribution in [0.25, 0.3) is 0 Å². The van der Waals surface area contributed by atoms with Gasteiger partial charge < -0.3 is 9.84 Å². The Labute approximate surface area is 91.2 Å². The van der Waals surface area contributed by atoms with E-state index in [1.165, 1.54) is 7.11 Å². The van der Waals surface area contributed by atoms with Crippen LogP contribution in [0, 0.1) is 5.92 Å². The molecule has 1 saturated heterocycles. The molecule has 88 valence electrons. The van der Waals surface area contributed by atoms with Crippen molar-refractivity contribution in [3.05, 3.63) is 0 Å². The molecular weight excluding hydrogens is 194 g/mol. The second kappa shape index (κ2) is 4.94. The maximum Gasteiger partial charge on any atom is 0.309 e. The molecule has 0 aliphatic carbocycles. The van der Waals surface area contributed by atoms with Gasteiger partial charge in [0.25, 0.3) is 0 Å². The van der Waals surface area contributed by atoms with Crippen LogP contribution >= 0.6 is 0 Å². The molecule has 0 aromatic rings. The molecule has 1 aliphatic rings. The maximum atomic E-state index is 11.4. The molecule has 0 aromatic heterocycles. The Hall–Kier alpha value is -0.610. The number of carbonyl (C=O) groups is 1. The number of rotatable bonds is 3. The smallest absolute Gasteiger partial charge is 0.309 e. The average Bonchev–Trinajstić information content (AvgIpc) is 2.14. The van der Waals surface area contributed by atoms with E-state index in [2.05, 4.69) is 4.90 Å². The maximum absolute atomic E-state index is 11.4. The Bertz CT molecular complexity index is 222. The highest BCUT2D eigenvalue weighted by atomic mass is 16.5. The van der Waals surface area contributed by atoms with E-state index in [0.29, 0.717) is 13.1 Å². The first-order valence-corrected chi connectivity index (χ1v) is 5.45. The molecule has 1 N–H and O–H groups in total. The summed E-state index contributed by atoms with van der Waals surface area (Å²) >= 11 is 0. The number of esters is 1. The lowest BCUT2D eigenvalue weighted by molar-refractivity contribution is -0.147. The summed E-state index contributed by atoms with van der Waals surface area (Å²) in [5.74, 6) is -0.151. The lowest BCUT2D eigenvalue weighted by Crippen LogP contribution is -2.45. The molecule has 15 heavy (non-hydrogen) atoms. The lowest BCUT2D eigenvalue weighted by atomic mass is 9.97. The molecule has 1 rings (SSSR count). The molecule has 4 heteroatoms. The highest BCUT2D eigenvalue weighted by molar-refractivity contribution is 5.72. The number of hydrogen-bond acceptors (Lipinski definition) is 4. The molecule has 0 saturated carbocycles. The van der Waals surface area contributed by atoms with Crippen LogP contribution in [0.1, 0.15) is 26.7 Å². The van der Waals surface area contributed by atoms with Crippen LogP contribution in [-0.4, -0.2) is 48.3 Å². The minimum absolute atomic E-state index is 0.0221. The molecule has 1 heterocycles. The summed E-state index contributed by atoms with van der Waals surface area (Å²) < 4.78 is 4.74. The quantitative estimate of drug-likeness (QED) is 0.702. The van der Waals surface area contributed by atoms with Crippen LogP contribution in [0.2, 0.25) is 0 Å². The summed E-state index contributed by atoms with van der Waals surface area (Å²) in [5, 5.41) is 9.69. The van der Waals surface area contributed by atoms with E-state index in [0.717, 1.165) is 19.4 Å². The van der Waals surface area contributed by atoms with Crippen LogP contribution in [0.5, 0.6) is 0 Å². The fourth-order valence-corrected chi connectivity index (χ4v) is 2.11. The van der Waals surface area contributed by atoms with E-state index in [1.54, 1.807) is 13.8 Å². The number of ether oxygens (including phenoxy) is 1. The van der Waals surface area contributed by atoms with Gasteiger partial charge in [0, 0.05) is 13.1 Å². The second-order valence-electron chi connectivity index (χ2n) is 4.91. The van der Waals surface area contributed by atoms with Crippen molar-refractivity contribution in [2.24, 2.45) is 5.92 Å². The molecule has 1 atom stereocenters. The first-order chi connectivity index (χ1) is 6.92. The Balaban J connectivity index is 2.46. The van der Waals surface area contributed by atoms with Crippen molar-refractivity contribution in [2.75, 3.05) is 26.7 Å². The topological polar surface area (TPSA) is 49.8 Å². The number of carbonyl (C=O) groups excluding carboxylic acids is 1. The van der Waals surface area contributed by atoms with Gasteiger partial charge in [-0.15, -0.1) is 0 Å². The number of β-amino-alcohol motifs (C(OH)–C–C–N with tert-alkyl or cyclic N) is 1. The zero-order chi connectivity index (χ0) is 11.5. The lowest BCUT2D eigenvalue weighted by Gasteiger charge is -2.34. The molecule has 0 spiro atoms. The fourth-order valence-electron chi connectivity index (χ4n) is 2.11. The third-order valence-corrected chi connectivity index (χ3v) is 2.65. The SMILES string of the molecule is COC(=O)C1CCCN(CC(C)(C)O)C1. The summed E-state index contributed by atoms with van der Waals surface area (Å²) in [6.45, 7) is 5.85. The summed E-state index contributed by atoms with van der Waals surface area (Å²) in [6.07, 6.45) is 1.89. The molecule has 1 fully saturated rings. The average molecular weight is 215 g/mol. The van der Waals surface area contributed by atoms with Gasteiger partial charge in [-0.3, -0.25) is 9.69 Å². The van der Waals surface area contributed by atoms with Crippen LogP contribution in [0.15, 0.2) is 0 Å². The number of hydrogen-bond donors (Lipinski definition) is 1. The monoisotopic (exact) mass is 215 g/mol. The highest BCUT2D eigenvalue weighted by Gasteiger charge is 2.28. The van der Waals surface area contributed by atoms with Gasteiger partial charge in [-0.1, -0.05) is 0 Å². The van der Waals surface area contributed by atoms with Gasteiger partial charge in [-0.25, -0.2) is 0 Å². The van der Waals surface area contributed by atoms with Gasteiger partial charge in [0.05, 0.1) is 18.6 Å². The molecule has 0 radical (unpaired) electrons. The van der Waals surface area contributed by atoms with Crippen molar-refractivity contribution in [3.63, 3.8) is 0 Å². The first kappa shape index (κ1) is 12.5. The number of methoxy groups -OCH3 is 1. The molecular formula is C11H21NO3. The highest BCUT2D eigenvalue weighted by Crippen LogP contribution is 2.19. The van der Waals surface area contributed by atoms with E-state index in [4.69, 9.17) is 4.74 Å². The molecule has 1 aliphatic heterocycles. The predicted octanol–water partition coefficient (Wildman–Crippen LogP) is 0.642. The van der Waals surface area contributed by atoms with E-state index in [9.17, 15) is 9.90 Å². The molecule has 0 bridgehead atoms. The predicted molar refractivity (Wildman–Crippen MR) is 57.5 cm³/mol. The summed E-state index contributed by atoms with van der Waals surface area (Å²) in [4.78, 5) is 13.5. The number of piperidine rings is 1. The number of likely N-dealkylation sites (tertiary alicyclic amines) is 1. The van der Waals surface area contributed by atoms with Crippen molar-refractivity contribution < 1.29 is 14.6 Å². The van der Waals surface area contributed by atoms with Crippen molar-refractivity contribution in [1.82, 2.24) is 4.90 Å². The van der Waals surface area contributed by atoms with E-state index < -0.39 is 5.60 Å². The summed E-state index contributed by atoms with van der Waals surface area (Å²) in [6, 6.07) is 0. The van der Waals surface area contributed by atoms with E-state index in [-0.39, 0.29) is 11.9 Å². The van der Waals surface area contributed by atoms with E-state index in [1.807, 2.05) is 0 Å². The molecule has 0 aromatic carbocycles. The van der Waals surface area contributed by atoms with Crippen LogP contribution in [0.4, 0.5) is 0 Å². The van der Waals surface area contributed by atoms with Gasteiger partial charge in [-0.05, 0) is 33.2 Å². The van der Waals surface area contributed by atoms with E-state index >= 15 is 0 Å². The standard InChI is InChI=1S/C11H21NO3/c1-11(2,14)8-12-6-4-5-9(7-12)10(13)15-3/h9,14H,4-8H2,1-3H3. The number of nitrogens with zero attached hydrogens (tertiary/aromatic N) is 1. The minimum Gasteiger partial charge on any atom is -0.469 e. The van der Waals surface area contributed by atoms with Crippen molar-refractivity contribution in [1.29, 1.82) is 0 Å². The van der Waals surface area contributed by atoms with Crippen LogP contribution in [-0.2, 0) is 9.53 Å². The second-order valence-corrected chi connectivity index (χ2v) is 4.91. The summed E-state index contributed by atoms with van der Waals surface area (Å²) in [5.41, 5.74) is -0.696. The van der Waals surface area contributed by atoms with Gasteiger partial charge >= 0.3 is 5.97 Å². The minimum atomic E-state index is -0.696.